The zero-order valence-electron chi connectivity index (χ0n) is 8.63. The van der Waals surface area contributed by atoms with Crippen LogP contribution in [0.2, 0.25) is 0 Å². The summed E-state index contributed by atoms with van der Waals surface area (Å²) < 4.78 is 2.53. The predicted octanol–water partition coefficient (Wildman–Crippen LogP) is 2.81. The Morgan fingerprint density at radius 3 is 3.06 bits per heavy atom. The van der Waals surface area contributed by atoms with Gasteiger partial charge in [0.2, 0.25) is 0 Å². The molecule has 6 heteroatoms. The number of carbonyl (C=O) groups excluding carboxylic acids is 1. The van der Waals surface area contributed by atoms with E-state index in [2.05, 4.69) is 20.9 Å². The molecule has 0 unspecified atom stereocenters. The second-order valence-corrected chi connectivity index (χ2v) is 5.66. The number of halogens is 1. The van der Waals surface area contributed by atoms with Crippen LogP contribution in [0.3, 0.4) is 0 Å². The molecule has 0 spiro atoms. The van der Waals surface area contributed by atoms with Crippen molar-refractivity contribution in [3.8, 4) is 0 Å². The summed E-state index contributed by atoms with van der Waals surface area (Å²) in [7, 11) is 1.77. The van der Waals surface area contributed by atoms with Crippen LogP contribution in [0.4, 0.5) is 4.79 Å². The molecular formula is C10H10BrN3OS. The summed E-state index contributed by atoms with van der Waals surface area (Å²) in [4.78, 5) is 17.4. The van der Waals surface area contributed by atoms with Crippen molar-refractivity contribution in [2.45, 2.75) is 6.54 Å². The smallest absolute Gasteiger partial charge is 0.323 e. The molecule has 0 saturated heterocycles. The summed E-state index contributed by atoms with van der Waals surface area (Å²) in [5.74, 6) is 0. The SMILES string of the molecule is CN(Cc1csc(Br)c1)C(=O)n1ccnc1. The largest absolute Gasteiger partial charge is 0.329 e. The topological polar surface area (TPSA) is 38.1 Å². The van der Waals surface area contributed by atoms with Gasteiger partial charge in [-0.05, 0) is 32.9 Å². The van der Waals surface area contributed by atoms with Gasteiger partial charge in [-0.1, -0.05) is 0 Å². The third-order valence-corrected chi connectivity index (χ3v) is 3.65. The summed E-state index contributed by atoms with van der Waals surface area (Å²) in [6.07, 6.45) is 4.73. The Labute approximate surface area is 106 Å². The van der Waals surface area contributed by atoms with Gasteiger partial charge in [-0.15, -0.1) is 11.3 Å². The number of amides is 1. The molecule has 1 amide bonds. The molecule has 0 N–H and O–H groups in total. The summed E-state index contributed by atoms with van der Waals surface area (Å²) in [5, 5.41) is 2.03. The molecule has 0 aromatic carbocycles. The Kier molecular flexibility index (Phi) is 3.40. The summed E-state index contributed by atoms with van der Waals surface area (Å²) in [6.45, 7) is 0.596. The molecule has 0 aliphatic carbocycles. The summed E-state index contributed by atoms with van der Waals surface area (Å²) >= 11 is 5.01. The van der Waals surface area contributed by atoms with Crippen molar-refractivity contribution in [3.05, 3.63) is 39.5 Å². The Morgan fingerprint density at radius 1 is 1.69 bits per heavy atom. The molecule has 2 heterocycles. The first-order valence-electron chi connectivity index (χ1n) is 4.63. The summed E-state index contributed by atoms with van der Waals surface area (Å²) in [5.41, 5.74) is 1.12. The summed E-state index contributed by atoms with van der Waals surface area (Å²) in [6, 6.07) is 1.93. The van der Waals surface area contributed by atoms with Crippen molar-refractivity contribution in [2.75, 3.05) is 7.05 Å². The average Bonchev–Trinajstić information content (AvgIpc) is 2.88. The number of hydrogen-bond donors (Lipinski definition) is 0. The Hall–Kier alpha value is -1.14. The minimum Gasteiger partial charge on any atom is -0.323 e. The molecule has 4 nitrogen and oxygen atoms in total. The second kappa shape index (κ2) is 4.80. The van der Waals surface area contributed by atoms with Gasteiger partial charge in [-0.25, -0.2) is 9.78 Å². The molecular weight excluding hydrogens is 290 g/mol. The zero-order chi connectivity index (χ0) is 11.5. The van der Waals surface area contributed by atoms with Crippen molar-refractivity contribution >= 4 is 33.3 Å². The molecule has 0 fully saturated rings. The lowest BCUT2D eigenvalue weighted by molar-refractivity contribution is 0.208. The molecule has 16 heavy (non-hydrogen) atoms. The number of nitrogens with zero attached hydrogens (tertiary/aromatic N) is 3. The van der Waals surface area contributed by atoms with E-state index >= 15 is 0 Å². The second-order valence-electron chi connectivity index (χ2n) is 3.37. The van der Waals surface area contributed by atoms with E-state index in [1.807, 2.05) is 11.4 Å². The molecule has 0 saturated carbocycles. The molecule has 0 aliphatic heterocycles. The first-order chi connectivity index (χ1) is 7.66. The predicted molar refractivity (Wildman–Crippen MR) is 66.5 cm³/mol. The van der Waals surface area contributed by atoms with Crippen LogP contribution in [-0.4, -0.2) is 27.5 Å². The number of hydrogen-bond acceptors (Lipinski definition) is 3. The van der Waals surface area contributed by atoms with E-state index in [0.717, 1.165) is 9.35 Å². The molecule has 2 aromatic rings. The lowest BCUT2D eigenvalue weighted by atomic mass is 10.3. The zero-order valence-corrected chi connectivity index (χ0v) is 11.0. The van der Waals surface area contributed by atoms with Crippen LogP contribution in [-0.2, 0) is 6.54 Å². The number of aromatic nitrogens is 2. The van der Waals surface area contributed by atoms with Gasteiger partial charge in [-0.3, -0.25) is 4.57 Å². The molecule has 0 radical (unpaired) electrons. The number of imidazole rings is 1. The van der Waals surface area contributed by atoms with Gasteiger partial charge >= 0.3 is 6.03 Å². The maximum atomic E-state index is 11.9. The van der Waals surface area contributed by atoms with E-state index in [9.17, 15) is 4.79 Å². The molecule has 0 aliphatic rings. The van der Waals surface area contributed by atoms with Crippen molar-refractivity contribution in [1.29, 1.82) is 0 Å². The van der Waals surface area contributed by atoms with Gasteiger partial charge in [-0.2, -0.15) is 0 Å². The van der Waals surface area contributed by atoms with Crippen molar-refractivity contribution in [2.24, 2.45) is 0 Å². The Bertz CT molecular complexity index is 480. The van der Waals surface area contributed by atoms with E-state index < -0.39 is 0 Å². The fourth-order valence-electron chi connectivity index (χ4n) is 1.34. The fourth-order valence-corrected chi connectivity index (χ4v) is 2.54. The highest BCUT2D eigenvalue weighted by molar-refractivity contribution is 9.11. The minimum absolute atomic E-state index is 0.0835. The lowest BCUT2D eigenvalue weighted by Crippen LogP contribution is -2.29. The minimum atomic E-state index is -0.0835. The third-order valence-electron chi connectivity index (χ3n) is 2.09. The van der Waals surface area contributed by atoms with E-state index in [4.69, 9.17) is 0 Å². The first-order valence-corrected chi connectivity index (χ1v) is 6.30. The first kappa shape index (κ1) is 11.3. The van der Waals surface area contributed by atoms with Crippen LogP contribution in [0.1, 0.15) is 5.56 Å². The van der Waals surface area contributed by atoms with Gasteiger partial charge < -0.3 is 4.90 Å². The van der Waals surface area contributed by atoms with Crippen LogP contribution < -0.4 is 0 Å². The molecule has 2 aromatic heterocycles. The average molecular weight is 300 g/mol. The number of carbonyl (C=O) groups is 1. The highest BCUT2D eigenvalue weighted by atomic mass is 79.9. The van der Waals surface area contributed by atoms with E-state index in [1.54, 1.807) is 35.7 Å². The lowest BCUT2D eigenvalue weighted by Gasteiger charge is -2.16. The highest BCUT2D eigenvalue weighted by Crippen LogP contribution is 2.21. The maximum absolute atomic E-state index is 11.9. The molecule has 2 rings (SSSR count). The quantitative estimate of drug-likeness (QED) is 0.855. The fraction of sp³-hybridized carbons (Fsp3) is 0.200. The van der Waals surface area contributed by atoms with Gasteiger partial charge in [0.1, 0.15) is 6.33 Å². The van der Waals surface area contributed by atoms with Gasteiger partial charge in [0.25, 0.3) is 0 Å². The monoisotopic (exact) mass is 299 g/mol. The number of rotatable bonds is 2. The van der Waals surface area contributed by atoms with Crippen LogP contribution in [0.5, 0.6) is 0 Å². The van der Waals surface area contributed by atoms with E-state index in [1.165, 1.54) is 10.9 Å². The van der Waals surface area contributed by atoms with Crippen LogP contribution in [0, 0.1) is 0 Å². The Balaban J connectivity index is 2.03. The van der Waals surface area contributed by atoms with Crippen molar-refractivity contribution in [3.63, 3.8) is 0 Å². The van der Waals surface area contributed by atoms with Gasteiger partial charge in [0, 0.05) is 26.0 Å². The molecule has 0 bridgehead atoms. The molecule has 84 valence electrons. The highest BCUT2D eigenvalue weighted by Gasteiger charge is 2.11. The molecule has 0 atom stereocenters. The van der Waals surface area contributed by atoms with Crippen molar-refractivity contribution in [1.82, 2.24) is 14.5 Å². The van der Waals surface area contributed by atoms with Crippen LogP contribution in [0.25, 0.3) is 0 Å². The van der Waals surface area contributed by atoms with Crippen molar-refractivity contribution < 1.29 is 4.79 Å². The van der Waals surface area contributed by atoms with E-state index in [0.29, 0.717) is 6.54 Å². The maximum Gasteiger partial charge on any atom is 0.329 e. The van der Waals surface area contributed by atoms with Gasteiger partial charge in [0.15, 0.2) is 0 Å². The third kappa shape index (κ3) is 2.51. The van der Waals surface area contributed by atoms with Gasteiger partial charge in [0.05, 0.1) is 3.79 Å². The number of thiophene rings is 1. The van der Waals surface area contributed by atoms with Crippen LogP contribution >= 0.6 is 27.3 Å². The normalized spacial score (nSPS) is 10.4. The van der Waals surface area contributed by atoms with Crippen LogP contribution in [0.15, 0.2) is 34.0 Å². The Morgan fingerprint density at radius 2 is 2.50 bits per heavy atom. The standard InChI is InChI=1S/C10H10BrN3OS/c1-13(5-8-4-9(11)16-6-8)10(15)14-3-2-12-7-14/h2-4,6-7H,5H2,1H3. The van der Waals surface area contributed by atoms with E-state index in [-0.39, 0.29) is 6.03 Å².